The van der Waals surface area contributed by atoms with Crippen LogP contribution in [-0.2, 0) is 6.42 Å². The highest BCUT2D eigenvalue weighted by Gasteiger charge is 2.11. The molecule has 2 heterocycles. The standard InChI is InChI=1S/C14H21N3O/c1-10(2)9-18-13-5-4-8-17-12(6-7-15)11(3)16-14(13)17/h4-5,8,10H,6-7,9,15H2,1-3H3. The lowest BCUT2D eigenvalue weighted by Gasteiger charge is -2.09. The number of aromatic nitrogens is 2. The highest BCUT2D eigenvalue weighted by atomic mass is 16.5. The maximum atomic E-state index is 5.81. The second kappa shape index (κ2) is 5.40. The molecule has 0 saturated carbocycles. The molecule has 0 atom stereocenters. The van der Waals surface area contributed by atoms with Crippen LogP contribution in [0.5, 0.6) is 5.75 Å². The average Bonchev–Trinajstić information content (AvgIpc) is 2.65. The van der Waals surface area contributed by atoms with Crippen LogP contribution in [0.1, 0.15) is 25.2 Å². The summed E-state index contributed by atoms with van der Waals surface area (Å²) in [4.78, 5) is 4.59. The zero-order valence-corrected chi connectivity index (χ0v) is 11.3. The molecule has 0 bridgehead atoms. The van der Waals surface area contributed by atoms with E-state index in [1.165, 1.54) is 5.69 Å². The van der Waals surface area contributed by atoms with Gasteiger partial charge in [-0.3, -0.25) is 0 Å². The summed E-state index contributed by atoms with van der Waals surface area (Å²) in [6.45, 7) is 7.63. The van der Waals surface area contributed by atoms with Gasteiger partial charge in [0.25, 0.3) is 0 Å². The number of hydrogen-bond donors (Lipinski definition) is 1. The van der Waals surface area contributed by atoms with Crippen LogP contribution in [0, 0.1) is 12.8 Å². The van der Waals surface area contributed by atoms with Gasteiger partial charge in [-0.25, -0.2) is 4.98 Å². The maximum absolute atomic E-state index is 5.81. The van der Waals surface area contributed by atoms with Crippen molar-refractivity contribution in [2.75, 3.05) is 13.2 Å². The van der Waals surface area contributed by atoms with Crippen LogP contribution in [0.2, 0.25) is 0 Å². The number of aryl methyl sites for hydroxylation is 1. The lowest BCUT2D eigenvalue weighted by atomic mass is 10.2. The van der Waals surface area contributed by atoms with E-state index in [1.807, 2.05) is 25.3 Å². The van der Waals surface area contributed by atoms with Crippen molar-refractivity contribution in [2.45, 2.75) is 27.2 Å². The molecule has 0 amide bonds. The number of pyridine rings is 1. The van der Waals surface area contributed by atoms with Crippen molar-refractivity contribution in [3.05, 3.63) is 29.7 Å². The summed E-state index contributed by atoms with van der Waals surface area (Å²) < 4.78 is 7.89. The molecule has 0 fully saturated rings. The van der Waals surface area contributed by atoms with E-state index in [0.717, 1.165) is 23.5 Å². The summed E-state index contributed by atoms with van der Waals surface area (Å²) in [6, 6.07) is 3.96. The van der Waals surface area contributed by atoms with Gasteiger partial charge in [0, 0.05) is 18.3 Å². The molecule has 2 N–H and O–H groups in total. The molecule has 0 aliphatic carbocycles. The Morgan fingerprint density at radius 2 is 2.22 bits per heavy atom. The third-order valence-corrected chi connectivity index (χ3v) is 2.87. The summed E-state index contributed by atoms with van der Waals surface area (Å²) in [5.74, 6) is 1.35. The van der Waals surface area contributed by atoms with Crippen LogP contribution >= 0.6 is 0 Å². The molecule has 0 aliphatic heterocycles. The Hall–Kier alpha value is -1.55. The van der Waals surface area contributed by atoms with E-state index in [1.54, 1.807) is 0 Å². The average molecular weight is 247 g/mol. The number of nitrogens with two attached hydrogens (primary N) is 1. The van der Waals surface area contributed by atoms with E-state index in [2.05, 4.69) is 23.2 Å². The minimum atomic E-state index is 0.504. The second-order valence-corrected chi connectivity index (χ2v) is 4.95. The van der Waals surface area contributed by atoms with Gasteiger partial charge < -0.3 is 14.9 Å². The smallest absolute Gasteiger partial charge is 0.180 e. The number of ether oxygens (including phenoxy) is 1. The number of fused-ring (bicyclic) bond motifs is 1. The maximum Gasteiger partial charge on any atom is 0.180 e. The summed E-state index contributed by atoms with van der Waals surface area (Å²) in [6.07, 6.45) is 2.85. The molecule has 0 aliphatic rings. The van der Waals surface area contributed by atoms with Crippen molar-refractivity contribution < 1.29 is 4.74 Å². The van der Waals surface area contributed by atoms with Crippen LogP contribution < -0.4 is 10.5 Å². The predicted molar refractivity (Wildman–Crippen MR) is 73.0 cm³/mol. The third kappa shape index (κ3) is 2.48. The normalized spacial score (nSPS) is 11.4. The van der Waals surface area contributed by atoms with Gasteiger partial charge >= 0.3 is 0 Å². The van der Waals surface area contributed by atoms with Crippen molar-refractivity contribution >= 4 is 5.65 Å². The van der Waals surface area contributed by atoms with E-state index >= 15 is 0 Å². The Morgan fingerprint density at radius 3 is 2.89 bits per heavy atom. The number of hydrogen-bond acceptors (Lipinski definition) is 3. The van der Waals surface area contributed by atoms with Crippen LogP contribution in [0.4, 0.5) is 0 Å². The molecule has 4 nitrogen and oxygen atoms in total. The van der Waals surface area contributed by atoms with Gasteiger partial charge in [-0.2, -0.15) is 0 Å². The zero-order chi connectivity index (χ0) is 13.1. The van der Waals surface area contributed by atoms with Gasteiger partial charge in [0.2, 0.25) is 0 Å². The molecule has 2 aromatic heterocycles. The molecular formula is C14H21N3O. The fourth-order valence-electron chi connectivity index (χ4n) is 2.01. The molecule has 0 aromatic carbocycles. The Balaban J connectivity index is 2.40. The van der Waals surface area contributed by atoms with Gasteiger partial charge in [-0.05, 0) is 31.5 Å². The zero-order valence-electron chi connectivity index (χ0n) is 11.3. The molecular weight excluding hydrogens is 226 g/mol. The fourth-order valence-corrected chi connectivity index (χ4v) is 2.01. The van der Waals surface area contributed by atoms with Gasteiger partial charge in [-0.1, -0.05) is 13.8 Å². The first-order valence-corrected chi connectivity index (χ1v) is 6.43. The summed E-state index contributed by atoms with van der Waals surface area (Å²) in [5, 5.41) is 0. The molecule has 2 aromatic rings. The summed E-state index contributed by atoms with van der Waals surface area (Å²) >= 11 is 0. The first kappa shape index (κ1) is 12.9. The van der Waals surface area contributed by atoms with Gasteiger partial charge in [0.05, 0.1) is 12.3 Å². The SMILES string of the molecule is Cc1nc2c(OCC(C)C)cccn2c1CCN. The Bertz CT molecular complexity index is 531. The van der Waals surface area contributed by atoms with E-state index in [9.17, 15) is 0 Å². The molecule has 0 spiro atoms. The van der Waals surface area contributed by atoms with E-state index in [0.29, 0.717) is 19.1 Å². The Morgan fingerprint density at radius 1 is 1.44 bits per heavy atom. The number of rotatable bonds is 5. The van der Waals surface area contributed by atoms with Gasteiger partial charge in [0.15, 0.2) is 11.4 Å². The van der Waals surface area contributed by atoms with Crippen molar-refractivity contribution in [2.24, 2.45) is 11.7 Å². The molecule has 98 valence electrons. The van der Waals surface area contributed by atoms with Crippen LogP contribution in [-0.4, -0.2) is 22.5 Å². The topological polar surface area (TPSA) is 52.5 Å². The van der Waals surface area contributed by atoms with E-state index in [-0.39, 0.29) is 0 Å². The number of imidazole rings is 1. The predicted octanol–water partition coefficient (Wildman–Crippen LogP) is 2.18. The largest absolute Gasteiger partial charge is 0.489 e. The van der Waals surface area contributed by atoms with Crippen LogP contribution in [0.15, 0.2) is 18.3 Å². The van der Waals surface area contributed by atoms with E-state index in [4.69, 9.17) is 10.5 Å². The van der Waals surface area contributed by atoms with Crippen molar-refractivity contribution in [1.29, 1.82) is 0 Å². The first-order chi connectivity index (χ1) is 8.63. The lowest BCUT2D eigenvalue weighted by molar-refractivity contribution is 0.272. The molecule has 0 radical (unpaired) electrons. The van der Waals surface area contributed by atoms with Gasteiger partial charge in [-0.15, -0.1) is 0 Å². The summed E-state index contributed by atoms with van der Waals surface area (Å²) in [7, 11) is 0. The quantitative estimate of drug-likeness (QED) is 0.881. The third-order valence-electron chi connectivity index (χ3n) is 2.87. The first-order valence-electron chi connectivity index (χ1n) is 6.43. The van der Waals surface area contributed by atoms with Crippen molar-refractivity contribution in [3.63, 3.8) is 0 Å². The molecule has 18 heavy (non-hydrogen) atoms. The molecule has 4 heteroatoms. The highest BCUT2D eigenvalue weighted by molar-refractivity contribution is 5.56. The van der Waals surface area contributed by atoms with Gasteiger partial charge in [0.1, 0.15) is 0 Å². The Labute approximate surface area is 108 Å². The lowest BCUT2D eigenvalue weighted by Crippen LogP contribution is -2.07. The highest BCUT2D eigenvalue weighted by Crippen LogP contribution is 2.22. The van der Waals surface area contributed by atoms with E-state index < -0.39 is 0 Å². The molecule has 2 rings (SSSR count). The van der Waals surface area contributed by atoms with Crippen molar-refractivity contribution in [1.82, 2.24) is 9.38 Å². The van der Waals surface area contributed by atoms with Crippen LogP contribution in [0.3, 0.4) is 0 Å². The Kier molecular flexibility index (Phi) is 3.87. The second-order valence-electron chi connectivity index (χ2n) is 4.95. The minimum absolute atomic E-state index is 0.504. The fraction of sp³-hybridized carbons (Fsp3) is 0.500. The molecule has 0 unspecified atom stereocenters. The van der Waals surface area contributed by atoms with Crippen LogP contribution in [0.25, 0.3) is 5.65 Å². The monoisotopic (exact) mass is 247 g/mol. The minimum Gasteiger partial charge on any atom is -0.489 e. The number of nitrogens with zero attached hydrogens (tertiary/aromatic N) is 2. The summed E-state index contributed by atoms with van der Waals surface area (Å²) in [5.41, 5.74) is 8.73. The molecule has 0 saturated heterocycles. The van der Waals surface area contributed by atoms with Crippen molar-refractivity contribution in [3.8, 4) is 5.75 Å².